The highest BCUT2D eigenvalue weighted by molar-refractivity contribution is 9.10. The van der Waals surface area contributed by atoms with Crippen LogP contribution < -0.4 is 18.9 Å². The molecule has 1 aliphatic carbocycles. The molecule has 0 radical (unpaired) electrons. The number of fused-ring (bicyclic) bond motifs is 8. The third-order valence-corrected chi connectivity index (χ3v) is 12.9. The molecule has 6 rings (SSSR count). The summed E-state index contributed by atoms with van der Waals surface area (Å²) in [5.41, 5.74) is 15.1. The first-order valence-electron chi connectivity index (χ1n) is 21.5. The van der Waals surface area contributed by atoms with Gasteiger partial charge in [-0.3, -0.25) is 0 Å². The Bertz CT molecular complexity index is 2210. The molecular formula is C55H69BrO4. The van der Waals surface area contributed by atoms with Gasteiger partial charge in [0.05, 0.1) is 28.4 Å². The third-order valence-electron chi connectivity index (χ3n) is 12.4. The summed E-state index contributed by atoms with van der Waals surface area (Å²) in [4.78, 5) is 0. The van der Waals surface area contributed by atoms with Crippen molar-refractivity contribution in [2.24, 2.45) is 0 Å². The van der Waals surface area contributed by atoms with Crippen LogP contribution in [0.3, 0.4) is 0 Å². The largest absolute Gasteiger partial charge is 0.496 e. The zero-order valence-electron chi connectivity index (χ0n) is 39.3. The number of hydrogen-bond donors (Lipinski definition) is 0. The van der Waals surface area contributed by atoms with Gasteiger partial charge in [0.25, 0.3) is 0 Å². The summed E-state index contributed by atoms with van der Waals surface area (Å²) in [5.74, 6) is 3.54. The monoisotopic (exact) mass is 872 g/mol. The molecule has 5 aromatic carbocycles. The molecule has 5 aromatic rings. The van der Waals surface area contributed by atoms with E-state index in [2.05, 4.69) is 172 Å². The van der Waals surface area contributed by atoms with Gasteiger partial charge in [-0.25, -0.2) is 0 Å². The minimum atomic E-state index is -0.131. The molecule has 0 spiro atoms. The number of halogens is 1. The molecule has 320 valence electrons. The summed E-state index contributed by atoms with van der Waals surface area (Å²) in [7, 11) is 7.31. The maximum Gasteiger partial charge on any atom is 0.126 e. The van der Waals surface area contributed by atoms with Crippen molar-refractivity contribution < 1.29 is 18.9 Å². The Labute approximate surface area is 370 Å². The van der Waals surface area contributed by atoms with E-state index in [-0.39, 0.29) is 27.6 Å². The Morgan fingerprint density at radius 2 is 0.683 bits per heavy atom. The van der Waals surface area contributed by atoms with Crippen molar-refractivity contribution in [3.05, 3.63) is 150 Å². The van der Waals surface area contributed by atoms with Crippen LogP contribution in [0.25, 0.3) is 0 Å². The van der Waals surface area contributed by atoms with Crippen LogP contribution in [-0.4, -0.2) is 28.4 Å². The van der Waals surface area contributed by atoms with Gasteiger partial charge in [0.1, 0.15) is 23.0 Å². The lowest BCUT2D eigenvalue weighted by atomic mass is 9.75. The van der Waals surface area contributed by atoms with Crippen LogP contribution in [-0.2, 0) is 47.3 Å². The van der Waals surface area contributed by atoms with E-state index >= 15 is 0 Å². The Balaban J connectivity index is 1.84. The molecule has 1 aliphatic rings. The Morgan fingerprint density at radius 3 is 0.950 bits per heavy atom. The molecule has 60 heavy (non-hydrogen) atoms. The molecule has 4 nitrogen and oxygen atoms in total. The number of methoxy groups -OCH3 is 4. The first-order chi connectivity index (χ1) is 28.0. The average molecular weight is 874 g/mol. The molecular weight excluding hydrogens is 805 g/mol. The fraction of sp³-hybridized carbons (Fsp3) is 0.455. The number of hydrogen-bond acceptors (Lipinski definition) is 4. The second-order valence-electron chi connectivity index (χ2n) is 21.1. The van der Waals surface area contributed by atoms with Crippen LogP contribution in [0, 0.1) is 0 Å². The lowest BCUT2D eigenvalue weighted by molar-refractivity contribution is 0.390. The van der Waals surface area contributed by atoms with Crippen LogP contribution in [0.1, 0.15) is 161 Å². The fourth-order valence-electron chi connectivity index (χ4n) is 8.85. The molecule has 8 bridgehead atoms. The molecule has 0 aromatic heterocycles. The molecule has 0 aliphatic heterocycles. The quantitative estimate of drug-likeness (QED) is 0.170. The zero-order chi connectivity index (χ0) is 44.1. The van der Waals surface area contributed by atoms with Crippen LogP contribution in [0.2, 0.25) is 0 Å². The van der Waals surface area contributed by atoms with Gasteiger partial charge < -0.3 is 18.9 Å². The van der Waals surface area contributed by atoms with Crippen molar-refractivity contribution in [3.63, 3.8) is 0 Å². The predicted molar refractivity (Wildman–Crippen MR) is 255 cm³/mol. The fourth-order valence-corrected chi connectivity index (χ4v) is 9.12. The maximum atomic E-state index is 6.67. The van der Waals surface area contributed by atoms with Gasteiger partial charge in [0, 0.05) is 40.8 Å². The second kappa shape index (κ2) is 16.9. The molecule has 0 N–H and O–H groups in total. The molecule has 0 fully saturated rings. The van der Waals surface area contributed by atoms with E-state index in [0.717, 1.165) is 78.4 Å². The van der Waals surface area contributed by atoms with Gasteiger partial charge in [-0.05, 0) is 101 Å². The number of benzene rings is 5. The van der Waals surface area contributed by atoms with Crippen molar-refractivity contribution in [3.8, 4) is 23.0 Å². The standard InChI is InChI=1S/C55H69BrO4/c1-52(2,3)40-25-34-22-35-26-41(53(4,5)6)28-37(49(35)58-14)24-39-30-43(55(10,11)12)32-47(51(39)60-16)45(21-33-17-19-44(56)20-18-33)46-31-42(54(7,8)9)29-38(50(46)59-15)23-36(27-40)48(34)57-13/h17-20,25-32,45H,21-24H2,1-16H3. The highest BCUT2D eigenvalue weighted by Crippen LogP contribution is 2.48. The summed E-state index contributed by atoms with van der Waals surface area (Å²) in [6.45, 7) is 27.6. The van der Waals surface area contributed by atoms with E-state index in [1.165, 1.54) is 27.8 Å². The lowest BCUT2D eigenvalue weighted by Crippen LogP contribution is -2.19. The molecule has 0 amide bonds. The van der Waals surface area contributed by atoms with Gasteiger partial charge >= 0.3 is 0 Å². The van der Waals surface area contributed by atoms with E-state index < -0.39 is 0 Å². The average Bonchev–Trinajstić information content (AvgIpc) is 3.15. The van der Waals surface area contributed by atoms with Gasteiger partial charge in [-0.2, -0.15) is 0 Å². The molecule has 0 saturated carbocycles. The molecule has 0 saturated heterocycles. The van der Waals surface area contributed by atoms with E-state index in [9.17, 15) is 0 Å². The van der Waals surface area contributed by atoms with E-state index in [4.69, 9.17) is 18.9 Å². The van der Waals surface area contributed by atoms with Crippen LogP contribution >= 0.6 is 15.9 Å². The van der Waals surface area contributed by atoms with Crippen LogP contribution in [0.5, 0.6) is 23.0 Å². The SMILES string of the molecule is COc1c2cc(C(C)(C)C)cc1Cc1cc(C(C)(C)C)cc(c1OC)C(Cc1ccc(Br)cc1)c1cc(C(C)(C)C)cc(c1OC)Cc1cc(C(C)(C)C)cc(c1OC)C2. The van der Waals surface area contributed by atoms with Crippen LogP contribution in [0.4, 0.5) is 0 Å². The minimum absolute atomic E-state index is 0.0958. The van der Waals surface area contributed by atoms with Crippen molar-refractivity contribution in [1.82, 2.24) is 0 Å². The second-order valence-corrected chi connectivity index (χ2v) is 22.0. The number of ether oxygens (including phenoxy) is 4. The highest BCUT2D eigenvalue weighted by atomic mass is 79.9. The smallest absolute Gasteiger partial charge is 0.126 e. The molecule has 0 atom stereocenters. The lowest BCUT2D eigenvalue weighted by Gasteiger charge is -2.31. The van der Waals surface area contributed by atoms with E-state index in [0.29, 0.717) is 19.3 Å². The Kier molecular flexibility index (Phi) is 12.8. The first-order valence-corrected chi connectivity index (χ1v) is 22.3. The minimum Gasteiger partial charge on any atom is -0.496 e. The van der Waals surface area contributed by atoms with Gasteiger partial charge in [-0.1, -0.05) is 160 Å². The van der Waals surface area contributed by atoms with Gasteiger partial charge in [0.15, 0.2) is 0 Å². The van der Waals surface area contributed by atoms with E-state index in [1.54, 1.807) is 0 Å². The van der Waals surface area contributed by atoms with Crippen molar-refractivity contribution in [1.29, 1.82) is 0 Å². The summed E-state index contributed by atoms with van der Waals surface area (Å²) in [5, 5.41) is 0. The summed E-state index contributed by atoms with van der Waals surface area (Å²) in [6, 6.07) is 27.8. The van der Waals surface area contributed by atoms with Crippen molar-refractivity contribution >= 4 is 15.9 Å². The topological polar surface area (TPSA) is 36.9 Å². The van der Waals surface area contributed by atoms with Crippen molar-refractivity contribution in [2.75, 3.05) is 28.4 Å². The number of rotatable bonds is 6. The normalized spacial score (nSPS) is 13.9. The summed E-state index contributed by atoms with van der Waals surface area (Å²) in [6.07, 6.45) is 2.68. The zero-order valence-corrected chi connectivity index (χ0v) is 40.9. The van der Waals surface area contributed by atoms with Gasteiger partial charge in [0.2, 0.25) is 0 Å². The van der Waals surface area contributed by atoms with Gasteiger partial charge in [-0.15, -0.1) is 0 Å². The maximum absolute atomic E-state index is 6.67. The molecule has 5 heteroatoms. The summed E-state index contributed by atoms with van der Waals surface area (Å²) >= 11 is 3.70. The van der Waals surface area contributed by atoms with Crippen molar-refractivity contribution in [2.45, 2.75) is 136 Å². The summed E-state index contributed by atoms with van der Waals surface area (Å²) < 4.78 is 27.4. The molecule has 0 heterocycles. The first kappa shape index (κ1) is 45.3. The predicted octanol–water partition coefficient (Wildman–Crippen LogP) is 14.1. The Morgan fingerprint density at radius 1 is 0.417 bits per heavy atom. The third kappa shape index (κ3) is 9.47. The Hall–Kier alpha value is -4.22. The van der Waals surface area contributed by atoms with E-state index in [1.807, 2.05) is 28.4 Å². The highest BCUT2D eigenvalue weighted by Gasteiger charge is 2.32. The molecule has 0 unspecified atom stereocenters. The van der Waals surface area contributed by atoms with Crippen LogP contribution in [0.15, 0.2) is 77.3 Å².